The Morgan fingerprint density at radius 2 is 1.68 bits per heavy atom. The maximum absolute atomic E-state index is 12.9. The summed E-state index contributed by atoms with van der Waals surface area (Å²) in [5.74, 6) is -1.71. The molecule has 0 radical (unpaired) electrons. The van der Waals surface area contributed by atoms with Crippen LogP contribution in [0.4, 0.5) is 4.79 Å². The van der Waals surface area contributed by atoms with Crippen molar-refractivity contribution >= 4 is 51.6 Å². The summed E-state index contributed by atoms with van der Waals surface area (Å²) in [7, 11) is 0. The minimum absolute atomic E-state index is 0.111. The summed E-state index contributed by atoms with van der Waals surface area (Å²) in [5.41, 5.74) is 5.95. The van der Waals surface area contributed by atoms with Crippen molar-refractivity contribution in [3.05, 3.63) is 82.8 Å². The molecular formula is C23H16N2O5S. The van der Waals surface area contributed by atoms with Crippen molar-refractivity contribution in [2.75, 3.05) is 6.54 Å². The number of ether oxygens (including phenoxy) is 1. The van der Waals surface area contributed by atoms with E-state index in [-0.39, 0.29) is 10.7 Å². The highest BCUT2D eigenvalue weighted by atomic mass is 32.2. The smallest absolute Gasteiger partial charge is 0.344 e. The van der Waals surface area contributed by atoms with Crippen LogP contribution in [0.3, 0.4) is 0 Å². The Labute approximate surface area is 181 Å². The van der Waals surface area contributed by atoms with Gasteiger partial charge in [-0.15, -0.1) is 0 Å². The molecule has 0 spiro atoms. The summed E-state index contributed by atoms with van der Waals surface area (Å²) in [4.78, 5) is 49.4. The van der Waals surface area contributed by atoms with Crippen molar-refractivity contribution in [3.8, 4) is 5.75 Å². The summed E-state index contributed by atoms with van der Waals surface area (Å²) in [6, 6.07) is 19.5. The van der Waals surface area contributed by atoms with Crippen LogP contribution in [-0.2, 0) is 9.59 Å². The zero-order chi connectivity index (χ0) is 22.0. The van der Waals surface area contributed by atoms with Crippen LogP contribution in [-0.4, -0.2) is 34.5 Å². The summed E-state index contributed by atoms with van der Waals surface area (Å²) in [6.45, 7) is -0.486. The topological polar surface area (TPSA) is 107 Å². The monoisotopic (exact) mass is 432 g/mol. The summed E-state index contributed by atoms with van der Waals surface area (Å²) < 4.78 is 5.63. The van der Waals surface area contributed by atoms with Crippen molar-refractivity contribution in [1.29, 1.82) is 0 Å². The van der Waals surface area contributed by atoms with Crippen LogP contribution < -0.4 is 10.5 Å². The van der Waals surface area contributed by atoms with Gasteiger partial charge in [-0.3, -0.25) is 19.3 Å². The molecule has 3 amide bonds. The largest absolute Gasteiger partial charge is 0.422 e. The Hall–Kier alpha value is -3.91. The van der Waals surface area contributed by atoms with E-state index in [0.29, 0.717) is 22.9 Å². The number of rotatable bonds is 5. The number of amides is 3. The van der Waals surface area contributed by atoms with Crippen molar-refractivity contribution < 1.29 is 23.9 Å². The fourth-order valence-electron chi connectivity index (χ4n) is 3.18. The Morgan fingerprint density at radius 1 is 0.968 bits per heavy atom. The number of thioether (sulfide) groups is 1. The Bertz CT molecular complexity index is 1260. The quantitative estimate of drug-likeness (QED) is 0.375. The van der Waals surface area contributed by atoms with E-state index in [4.69, 9.17) is 10.5 Å². The van der Waals surface area contributed by atoms with Gasteiger partial charge in [-0.2, -0.15) is 0 Å². The van der Waals surface area contributed by atoms with E-state index in [1.807, 2.05) is 30.3 Å². The molecule has 8 heteroatoms. The third-order valence-electron chi connectivity index (χ3n) is 4.61. The van der Waals surface area contributed by atoms with Crippen molar-refractivity contribution in [3.63, 3.8) is 0 Å². The van der Waals surface area contributed by atoms with E-state index in [2.05, 4.69) is 0 Å². The standard InChI is InChI=1S/C23H16N2O5S/c24-20(26)13-25-21(27)19(31-23(25)29)12-15-7-2-4-11-18(15)30-22(28)17-10-5-8-14-6-1-3-9-16(14)17/h1-12H,13H2,(H2,24,26)/b19-12-. The number of fused-ring (bicyclic) bond motifs is 1. The van der Waals surface area contributed by atoms with Crippen LogP contribution in [0, 0.1) is 0 Å². The van der Waals surface area contributed by atoms with Crippen molar-refractivity contribution in [2.24, 2.45) is 5.73 Å². The van der Waals surface area contributed by atoms with Crippen LogP contribution in [0.5, 0.6) is 5.75 Å². The zero-order valence-corrected chi connectivity index (χ0v) is 16.9. The van der Waals surface area contributed by atoms with Crippen LogP contribution in [0.1, 0.15) is 15.9 Å². The number of hydrogen-bond acceptors (Lipinski definition) is 6. The third-order valence-corrected chi connectivity index (χ3v) is 5.51. The molecule has 4 rings (SSSR count). The van der Waals surface area contributed by atoms with Crippen LogP contribution in [0.15, 0.2) is 71.6 Å². The highest BCUT2D eigenvalue weighted by Gasteiger charge is 2.36. The lowest BCUT2D eigenvalue weighted by Gasteiger charge is -2.10. The molecule has 0 atom stereocenters. The molecule has 0 aliphatic carbocycles. The molecule has 7 nitrogen and oxygen atoms in total. The Balaban J connectivity index is 1.63. The van der Waals surface area contributed by atoms with Crippen LogP contribution >= 0.6 is 11.8 Å². The van der Waals surface area contributed by atoms with Gasteiger partial charge in [0, 0.05) is 5.56 Å². The van der Waals surface area contributed by atoms with E-state index in [0.717, 1.165) is 15.7 Å². The number of esters is 1. The van der Waals surface area contributed by atoms with E-state index in [1.165, 1.54) is 6.08 Å². The number of hydrogen-bond donors (Lipinski definition) is 1. The van der Waals surface area contributed by atoms with Crippen LogP contribution in [0.2, 0.25) is 0 Å². The highest BCUT2D eigenvalue weighted by Crippen LogP contribution is 2.34. The van der Waals surface area contributed by atoms with Gasteiger partial charge in [0.05, 0.1) is 10.5 Å². The molecule has 0 unspecified atom stereocenters. The van der Waals surface area contributed by atoms with Gasteiger partial charge in [0.25, 0.3) is 11.1 Å². The summed E-state index contributed by atoms with van der Waals surface area (Å²) in [5, 5.41) is 1.09. The van der Waals surface area contributed by atoms with Gasteiger partial charge >= 0.3 is 5.97 Å². The maximum atomic E-state index is 12.9. The first-order valence-electron chi connectivity index (χ1n) is 9.26. The fourth-order valence-corrected chi connectivity index (χ4v) is 4.01. The number of benzene rings is 3. The Kier molecular flexibility index (Phi) is 5.55. The van der Waals surface area contributed by atoms with Crippen LogP contribution in [0.25, 0.3) is 16.8 Å². The minimum Gasteiger partial charge on any atom is -0.422 e. The van der Waals surface area contributed by atoms with Gasteiger partial charge in [0.2, 0.25) is 5.91 Å². The number of carbonyl (C=O) groups is 4. The maximum Gasteiger partial charge on any atom is 0.344 e. The first-order chi connectivity index (χ1) is 14.9. The molecule has 1 heterocycles. The molecule has 3 aromatic carbocycles. The number of imide groups is 1. The second-order valence-corrected chi connectivity index (χ2v) is 7.68. The highest BCUT2D eigenvalue weighted by molar-refractivity contribution is 8.18. The van der Waals surface area contributed by atoms with E-state index in [9.17, 15) is 19.2 Å². The second kappa shape index (κ2) is 8.45. The predicted molar refractivity (Wildman–Crippen MR) is 117 cm³/mol. The molecule has 1 aliphatic rings. The van der Waals surface area contributed by atoms with Gasteiger partial charge in [-0.25, -0.2) is 4.79 Å². The van der Waals surface area contributed by atoms with Crippen molar-refractivity contribution in [1.82, 2.24) is 4.90 Å². The molecule has 1 saturated heterocycles. The first kappa shape index (κ1) is 20.4. The summed E-state index contributed by atoms with van der Waals surface area (Å²) in [6.07, 6.45) is 1.46. The zero-order valence-electron chi connectivity index (χ0n) is 16.1. The molecule has 2 N–H and O–H groups in total. The number of para-hydroxylation sites is 1. The van der Waals surface area contributed by atoms with E-state index >= 15 is 0 Å². The number of carbonyl (C=O) groups excluding carboxylic acids is 4. The molecule has 3 aromatic rings. The lowest BCUT2D eigenvalue weighted by Crippen LogP contribution is -2.36. The van der Waals surface area contributed by atoms with Crippen molar-refractivity contribution in [2.45, 2.75) is 0 Å². The fraction of sp³-hybridized carbons (Fsp3) is 0.0435. The average molecular weight is 432 g/mol. The molecule has 0 aromatic heterocycles. The van der Waals surface area contributed by atoms with Gasteiger partial charge in [-0.05, 0) is 40.7 Å². The molecule has 1 fully saturated rings. The molecule has 154 valence electrons. The van der Waals surface area contributed by atoms with E-state index in [1.54, 1.807) is 36.4 Å². The lowest BCUT2D eigenvalue weighted by molar-refractivity contribution is -0.127. The average Bonchev–Trinajstić information content (AvgIpc) is 3.01. The molecular weight excluding hydrogens is 416 g/mol. The van der Waals surface area contributed by atoms with Gasteiger partial charge < -0.3 is 10.5 Å². The molecule has 0 saturated carbocycles. The number of nitrogens with zero attached hydrogens (tertiary/aromatic N) is 1. The van der Waals surface area contributed by atoms with E-state index < -0.39 is 29.6 Å². The first-order valence-corrected chi connectivity index (χ1v) is 10.1. The van der Waals surface area contributed by atoms with Gasteiger partial charge in [0.15, 0.2) is 0 Å². The predicted octanol–water partition coefficient (Wildman–Crippen LogP) is 3.58. The molecule has 1 aliphatic heterocycles. The third kappa shape index (κ3) is 4.19. The normalized spacial score (nSPS) is 15.0. The SMILES string of the molecule is NC(=O)CN1C(=O)S/C(=C\c2ccccc2OC(=O)c2cccc3ccccc23)C1=O. The number of primary amides is 1. The Morgan fingerprint density at radius 3 is 2.48 bits per heavy atom. The number of nitrogens with two attached hydrogens (primary N) is 1. The second-order valence-electron chi connectivity index (χ2n) is 6.69. The molecule has 0 bridgehead atoms. The summed E-state index contributed by atoms with van der Waals surface area (Å²) >= 11 is 0.695. The van der Waals surface area contributed by atoms with Gasteiger partial charge in [-0.1, -0.05) is 54.6 Å². The minimum atomic E-state index is -0.784. The van der Waals surface area contributed by atoms with Gasteiger partial charge in [0.1, 0.15) is 12.3 Å². The molecule has 31 heavy (non-hydrogen) atoms. The lowest BCUT2D eigenvalue weighted by atomic mass is 10.0.